The van der Waals surface area contributed by atoms with Crippen molar-refractivity contribution in [1.29, 1.82) is 0 Å². The van der Waals surface area contributed by atoms with Crippen molar-refractivity contribution in [3.63, 3.8) is 0 Å². The molecule has 0 amide bonds. The summed E-state index contributed by atoms with van der Waals surface area (Å²) in [6.07, 6.45) is -4.71. The highest BCUT2D eigenvalue weighted by molar-refractivity contribution is 5.13. The van der Waals surface area contributed by atoms with Gasteiger partial charge in [0.2, 0.25) is 0 Å². The van der Waals surface area contributed by atoms with E-state index < -0.39 is 18.4 Å². The van der Waals surface area contributed by atoms with Gasteiger partial charge in [-0.2, -0.15) is 27.1 Å². The van der Waals surface area contributed by atoms with Crippen LogP contribution in [-0.2, 0) is 12.7 Å². The van der Waals surface area contributed by atoms with Gasteiger partial charge in [0.05, 0.1) is 5.69 Å². The smallest absolute Gasteiger partial charge is 0.314 e. The van der Waals surface area contributed by atoms with Crippen LogP contribution < -0.4 is 5.32 Å². The van der Waals surface area contributed by atoms with Gasteiger partial charge in [0.25, 0.3) is 0 Å². The molecule has 1 aromatic heterocycles. The minimum absolute atomic E-state index is 0.0549. The Morgan fingerprint density at radius 3 is 2.47 bits per heavy atom. The summed E-state index contributed by atoms with van der Waals surface area (Å²) in [6.45, 7) is -3.18. The minimum Gasteiger partial charge on any atom is -0.314 e. The molecule has 1 heterocycles. The van der Waals surface area contributed by atoms with Crippen LogP contribution in [0.15, 0.2) is 6.07 Å². The molecule has 0 bridgehead atoms. The fourth-order valence-corrected chi connectivity index (χ4v) is 1.05. The number of halogens is 5. The SMILES string of the molecule is CNCc1cc(C(F)(F)F)nn1C(F)F. The van der Waals surface area contributed by atoms with Gasteiger partial charge in [0, 0.05) is 6.54 Å². The zero-order valence-electron chi connectivity index (χ0n) is 7.65. The topological polar surface area (TPSA) is 29.9 Å². The molecule has 0 aliphatic rings. The fraction of sp³-hybridized carbons (Fsp3) is 0.571. The van der Waals surface area contributed by atoms with Crippen LogP contribution in [0.3, 0.4) is 0 Å². The second kappa shape index (κ2) is 4.13. The third-order valence-electron chi connectivity index (χ3n) is 1.65. The molecule has 0 aromatic carbocycles. The van der Waals surface area contributed by atoms with Crippen molar-refractivity contribution in [2.45, 2.75) is 19.3 Å². The average molecular weight is 229 g/mol. The van der Waals surface area contributed by atoms with Crippen LogP contribution in [0.5, 0.6) is 0 Å². The third-order valence-corrected chi connectivity index (χ3v) is 1.65. The van der Waals surface area contributed by atoms with Crippen molar-refractivity contribution in [3.05, 3.63) is 17.5 Å². The molecule has 15 heavy (non-hydrogen) atoms. The lowest BCUT2D eigenvalue weighted by atomic mass is 10.3. The monoisotopic (exact) mass is 229 g/mol. The van der Waals surface area contributed by atoms with E-state index in [1.165, 1.54) is 7.05 Å². The minimum atomic E-state index is -4.71. The van der Waals surface area contributed by atoms with E-state index in [2.05, 4.69) is 10.4 Å². The standard InChI is InChI=1S/C7H8F5N3/c1-13-3-4-2-5(7(10,11)12)14-15(4)6(8)9/h2,6,13H,3H2,1H3. The molecule has 1 N–H and O–H groups in total. The van der Waals surface area contributed by atoms with Gasteiger partial charge >= 0.3 is 12.7 Å². The fourth-order valence-electron chi connectivity index (χ4n) is 1.05. The first-order valence-electron chi connectivity index (χ1n) is 3.94. The molecular formula is C7H8F5N3. The normalized spacial score (nSPS) is 12.5. The summed E-state index contributed by atoms with van der Waals surface area (Å²) >= 11 is 0. The lowest BCUT2D eigenvalue weighted by Crippen LogP contribution is -2.13. The average Bonchev–Trinajstić information content (AvgIpc) is 2.48. The Bertz CT molecular complexity index is 330. The van der Waals surface area contributed by atoms with Crippen molar-refractivity contribution < 1.29 is 22.0 Å². The number of nitrogens with one attached hydrogen (secondary N) is 1. The van der Waals surface area contributed by atoms with E-state index in [1.807, 2.05) is 0 Å². The Kier molecular flexibility index (Phi) is 3.28. The maximum absolute atomic E-state index is 12.3. The van der Waals surface area contributed by atoms with Crippen molar-refractivity contribution in [2.24, 2.45) is 0 Å². The lowest BCUT2D eigenvalue weighted by molar-refractivity contribution is -0.142. The molecule has 8 heteroatoms. The summed E-state index contributed by atoms with van der Waals surface area (Å²) in [4.78, 5) is 0. The van der Waals surface area contributed by atoms with Crippen LogP contribution in [0.25, 0.3) is 0 Å². The van der Waals surface area contributed by atoms with E-state index in [1.54, 1.807) is 0 Å². The Hall–Kier alpha value is -1.18. The van der Waals surface area contributed by atoms with E-state index in [-0.39, 0.29) is 16.9 Å². The number of aromatic nitrogens is 2. The van der Waals surface area contributed by atoms with Crippen LogP contribution in [0.4, 0.5) is 22.0 Å². The van der Waals surface area contributed by atoms with E-state index >= 15 is 0 Å². The maximum atomic E-state index is 12.3. The van der Waals surface area contributed by atoms with Gasteiger partial charge in [-0.25, -0.2) is 4.68 Å². The Labute approximate surface area is 81.9 Å². The van der Waals surface area contributed by atoms with Gasteiger partial charge in [-0.1, -0.05) is 0 Å². The zero-order chi connectivity index (χ0) is 11.6. The first-order chi connectivity index (χ1) is 6.86. The molecule has 1 rings (SSSR count). The highest BCUT2D eigenvalue weighted by Gasteiger charge is 2.35. The summed E-state index contributed by atoms with van der Waals surface area (Å²) in [5.74, 6) is 0. The molecule has 0 atom stereocenters. The molecule has 86 valence electrons. The summed E-state index contributed by atoms with van der Waals surface area (Å²) in [5, 5.41) is 5.28. The Morgan fingerprint density at radius 1 is 1.47 bits per heavy atom. The molecule has 1 aromatic rings. The molecule has 0 aliphatic carbocycles. The number of hydrogen-bond donors (Lipinski definition) is 1. The summed E-state index contributed by atoms with van der Waals surface area (Å²) in [6, 6.07) is 0.600. The molecule has 0 unspecified atom stereocenters. The molecule has 0 spiro atoms. The van der Waals surface area contributed by atoms with Crippen molar-refractivity contribution >= 4 is 0 Å². The quantitative estimate of drug-likeness (QED) is 0.803. The van der Waals surface area contributed by atoms with E-state index in [4.69, 9.17) is 0 Å². The summed E-state index contributed by atoms with van der Waals surface area (Å²) < 4.78 is 61.0. The van der Waals surface area contributed by atoms with Crippen molar-refractivity contribution in [3.8, 4) is 0 Å². The van der Waals surface area contributed by atoms with Gasteiger partial charge < -0.3 is 5.32 Å². The van der Waals surface area contributed by atoms with Crippen LogP contribution in [-0.4, -0.2) is 16.8 Å². The number of rotatable bonds is 3. The summed E-state index contributed by atoms with van der Waals surface area (Å²) in [5.41, 5.74) is -1.52. The van der Waals surface area contributed by atoms with Gasteiger partial charge in [0.15, 0.2) is 5.69 Å². The largest absolute Gasteiger partial charge is 0.435 e. The lowest BCUT2D eigenvalue weighted by Gasteiger charge is -2.04. The van der Waals surface area contributed by atoms with Gasteiger partial charge in [-0.15, -0.1) is 0 Å². The molecular weight excluding hydrogens is 221 g/mol. The Morgan fingerprint density at radius 2 is 2.07 bits per heavy atom. The summed E-state index contributed by atoms with van der Waals surface area (Å²) in [7, 11) is 1.44. The van der Waals surface area contributed by atoms with E-state index in [0.29, 0.717) is 6.07 Å². The van der Waals surface area contributed by atoms with Gasteiger partial charge in [-0.05, 0) is 13.1 Å². The predicted molar refractivity (Wildman–Crippen MR) is 41.2 cm³/mol. The van der Waals surface area contributed by atoms with Gasteiger partial charge in [0.1, 0.15) is 0 Å². The molecule has 0 aliphatic heterocycles. The molecule has 0 saturated heterocycles. The third kappa shape index (κ3) is 2.65. The molecule has 3 nitrogen and oxygen atoms in total. The maximum Gasteiger partial charge on any atom is 0.435 e. The number of nitrogens with zero attached hydrogens (tertiary/aromatic N) is 2. The number of alkyl halides is 5. The van der Waals surface area contributed by atoms with Crippen LogP contribution in [0, 0.1) is 0 Å². The Balaban J connectivity index is 3.09. The second-order valence-corrected chi connectivity index (χ2v) is 2.77. The van der Waals surface area contributed by atoms with Gasteiger partial charge in [-0.3, -0.25) is 0 Å². The van der Waals surface area contributed by atoms with Crippen LogP contribution in [0.1, 0.15) is 17.9 Å². The van der Waals surface area contributed by atoms with Crippen LogP contribution >= 0.6 is 0 Å². The van der Waals surface area contributed by atoms with E-state index in [9.17, 15) is 22.0 Å². The van der Waals surface area contributed by atoms with Crippen LogP contribution in [0.2, 0.25) is 0 Å². The first-order valence-corrected chi connectivity index (χ1v) is 3.94. The highest BCUT2D eigenvalue weighted by Crippen LogP contribution is 2.29. The number of hydrogen-bond acceptors (Lipinski definition) is 2. The molecule has 0 radical (unpaired) electrons. The van der Waals surface area contributed by atoms with E-state index in [0.717, 1.165) is 0 Å². The predicted octanol–water partition coefficient (Wildman–Crippen LogP) is 2.02. The van der Waals surface area contributed by atoms with Crippen molar-refractivity contribution in [2.75, 3.05) is 7.05 Å². The van der Waals surface area contributed by atoms with Crippen molar-refractivity contribution in [1.82, 2.24) is 15.1 Å². The molecule has 0 saturated carbocycles. The first kappa shape index (κ1) is 11.9. The highest BCUT2D eigenvalue weighted by atomic mass is 19.4. The second-order valence-electron chi connectivity index (χ2n) is 2.77. The molecule has 0 fully saturated rings. The zero-order valence-corrected chi connectivity index (χ0v) is 7.65.